The molecule has 0 unspecified atom stereocenters. The summed E-state index contributed by atoms with van der Waals surface area (Å²) in [6.45, 7) is 14.8. The monoisotopic (exact) mass is 680 g/mol. The van der Waals surface area contributed by atoms with Crippen molar-refractivity contribution in [2.75, 3.05) is 46.4 Å². The van der Waals surface area contributed by atoms with Gasteiger partial charge in [0.1, 0.15) is 12.1 Å². The number of fused-ring (bicyclic) bond motifs is 5. The Morgan fingerprint density at radius 2 is 1.52 bits per heavy atom. The number of hydrogen-bond acceptors (Lipinski definition) is 6. The lowest BCUT2D eigenvalue weighted by Gasteiger charge is -2.62. The van der Waals surface area contributed by atoms with Crippen LogP contribution in [0.1, 0.15) is 111 Å². The van der Waals surface area contributed by atoms with Gasteiger partial charge in [0.2, 0.25) is 0 Å². The highest BCUT2D eigenvalue weighted by Crippen LogP contribution is 2.67. The van der Waals surface area contributed by atoms with Crippen molar-refractivity contribution in [1.82, 2.24) is 4.90 Å². The molecule has 4 saturated carbocycles. The van der Waals surface area contributed by atoms with Crippen LogP contribution in [0.2, 0.25) is 0 Å². The van der Waals surface area contributed by atoms with Crippen molar-refractivity contribution in [3.63, 3.8) is 0 Å². The van der Waals surface area contributed by atoms with Crippen LogP contribution >= 0.6 is 0 Å². The minimum absolute atomic E-state index is 0. The third-order valence-electron chi connectivity index (χ3n) is 14.1. The van der Waals surface area contributed by atoms with Gasteiger partial charge < -0.3 is 35.7 Å². The number of rotatable bonds is 6. The minimum atomic E-state index is -0.0521. The van der Waals surface area contributed by atoms with Gasteiger partial charge in [-0.25, -0.2) is 0 Å². The first-order valence-corrected chi connectivity index (χ1v) is 18.2. The number of carbonyl (C=O) groups is 2. The zero-order valence-corrected chi connectivity index (χ0v) is 30.0. The molecule has 0 bridgehead atoms. The number of nitrogens with zero attached hydrogens (tertiary/aromatic N) is 2. The van der Waals surface area contributed by atoms with E-state index in [1.807, 2.05) is 13.8 Å². The van der Waals surface area contributed by atoms with Crippen LogP contribution in [0.5, 0.6) is 0 Å². The normalized spacial score (nSPS) is 43.8. The Morgan fingerprint density at radius 1 is 0.864 bits per heavy atom. The fourth-order valence-electron chi connectivity index (χ4n) is 11.6. The number of quaternary nitrogens is 1. The molecule has 8 heteroatoms. The highest BCUT2D eigenvalue weighted by Gasteiger charge is 2.67. The Balaban J connectivity index is 0.00000384. The number of halogens is 1. The number of ether oxygens (including phenoxy) is 3. The fraction of sp³-hybridized carbons (Fsp3) is 0.944. The van der Waals surface area contributed by atoms with Gasteiger partial charge in [0, 0.05) is 43.8 Å². The molecule has 2 saturated heterocycles. The molecule has 6 fully saturated rings. The molecule has 0 aromatic carbocycles. The van der Waals surface area contributed by atoms with Crippen LogP contribution in [0.15, 0.2) is 0 Å². The standard InChI is InChI=1S/C36H61N2O5.BrH/c1-6-32(39)42-31-22-25-12-13-26-27(36(25,4)24-29(31)37-16-20-41-21-17-37)14-15-35(3)28(26)23-30(34(35)43-33(40)7-2)38(5)18-10-8-9-11-19-38;/h25-31,34H,6-24H2,1-5H3;1H/q+1;/p-1/t25-,26+,27-,28-,29-,30-,31-,34-,35-,36-;/m0./s1. The molecule has 6 rings (SSSR count). The van der Waals surface area contributed by atoms with Gasteiger partial charge in [-0.1, -0.05) is 27.7 Å². The summed E-state index contributed by atoms with van der Waals surface area (Å²) in [4.78, 5) is 28.1. The van der Waals surface area contributed by atoms with Crippen LogP contribution in [-0.2, 0) is 23.8 Å². The van der Waals surface area contributed by atoms with Crippen LogP contribution in [0.25, 0.3) is 0 Å². The van der Waals surface area contributed by atoms with Crippen molar-refractivity contribution in [3.8, 4) is 0 Å². The first kappa shape index (κ1) is 34.6. The topological polar surface area (TPSA) is 65.1 Å². The smallest absolute Gasteiger partial charge is 0.306 e. The quantitative estimate of drug-likeness (QED) is 0.318. The van der Waals surface area contributed by atoms with Crippen LogP contribution in [0, 0.1) is 34.5 Å². The Hall–Kier alpha value is -0.700. The summed E-state index contributed by atoms with van der Waals surface area (Å²) in [5.74, 6) is 2.52. The predicted octanol–water partition coefficient (Wildman–Crippen LogP) is 2.99. The van der Waals surface area contributed by atoms with E-state index in [0.717, 1.165) is 50.0 Å². The van der Waals surface area contributed by atoms with Gasteiger partial charge in [0.05, 0.1) is 33.4 Å². The molecule has 4 aliphatic carbocycles. The molecule has 0 aromatic rings. The minimum Gasteiger partial charge on any atom is -1.00 e. The number of morpholine rings is 1. The maximum atomic E-state index is 12.9. The molecule has 0 spiro atoms. The van der Waals surface area contributed by atoms with E-state index in [-0.39, 0.29) is 58.0 Å². The summed E-state index contributed by atoms with van der Waals surface area (Å²) in [5.41, 5.74) is 0.308. The molecule has 2 aliphatic heterocycles. The van der Waals surface area contributed by atoms with Crippen molar-refractivity contribution < 1.29 is 45.3 Å². The Labute approximate surface area is 277 Å². The Kier molecular flexibility index (Phi) is 10.9. The van der Waals surface area contributed by atoms with E-state index in [4.69, 9.17) is 14.2 Å². The second kappa shape index (κ2) is 13.8. The average Bonchev–Trinajstić information content (AvgIpc) is 3.14. The van der Waals surface area contributed by atoms with Crippen molar-refractivity contribution in [2.45, 2.75) is 135 Å². The van der Waals surface area contributed by atoms with E-state index in [9.17, 15) is 9.59 Å². The van der Waals surface area contributed by atoms with Gasteiger partial charge >= 0.3 is 11.9 Å². The third-order valence-corrected chi connectivity index (χ3v) is 14.1. The molecule has 0 N–H and O–H groups in total. The number of esters is 2. The third kappa shape index (κ3) is 6.17. The zero-order valence-electron chi connectivity index (χ0n) is 28.4. The maximum absolute atomic E-state index is 12.9. The van der Waals surface area contributed by atoms with E-state index in [0.29, 0.717) is 42.6 Å². The highest BCUT2D eigenvalue weighted by atomic mass is 79.9. The average molecular weight is 682 g/mol. The Morgan fingerprint density at radius 3 is 2.18 bits per heavy atom. The zero-order chi connectivity index (χ0) is 30.4. The van der Waals surface area contributed by atoms with Crippen molar-refractivity contribution in [1.29, 1.82) is 0 Å². The van der Waals surface area contributed by atoms with E-state index in [2.05, 4.69) is 25.8 Å². The molecule has 252 valence electrons. The summed E-state index contributed by atoms with van der Waals surface area (Å²) in [6, 6.07) is 0.696. The van der Waals surface area contributed by atoms with Gasteiger partial charge in [-0.3, -0.25) is 14.5 Å². The summed E-state index contributed by atoms with van der Waals surface area (Å²) in [7, 11) is 2.49. The van der Waals surface area contributed by atoms with E-state index in [1.165, 1.54) is 64.5 Å². The fourth-order valence-corrected chi connectivity index (χ4v) is 11.6. The second-order valence-corrected chi connectivity index (χ2v) is 16.1. The van der Waals surface area contributed by atoms with Crippen LogP contribution in [-0.4, -0.2) is 92.1 Å². The van der Waals surface area contributed by atoms with Gasteiger partial charge in [-0.2, -0.15) is 0 Å². The highest BCUT2D eigenvalue weighted by molar-refractivity contribution is 5.69. The van der Waals surface area contributed by atoms with Gasteiger partial charge in [0.25, 0.3) is 0 Å². The van der Waals surface area contributed by atoms with Crippen LogP contribution in [0.4, 0.5) is 0 Å². The lowest BCUT2D eigenvalue weighted by Crippen LogP contribution is -3.00. The van der Waals surface area contributed by atoms with Crippen LogP contribution in [0.3, 0.4) is 0 Å². The molecule has 0 amide bonds. The molecule has 0 radical (unpaired) electrons. The first-order valence-electron chi connectivity index (χ1n) is 18.2. The molecule has 2 heterocycles. The number of likely N-dealkylation sites (tertiary alicyclic amines) is 1. The number of likely N-dealkylation sites (N-methyl/N-ethyl adjacent to an activating group) is 1. The maximum Gasteiger partial charge on any atom is 0.306 e. The van der Waals surface area contributed by atoms with Gasteiger partial charge in [-0.15, -0.1) is 0 Å². The molecular formula is C36H61BrN2O5. The summed E-state index contributed by atoms with van der Waals surface area (Å²) in [6.07, 6.45) is 14.4. The van der Waals surface area contributed by atoms with Crippen molar-refractivity contribution >= 4 is 11.9 Å². The van der Waals surface area contributed by atoms with Crippen molar-refractivity contribution in [3.05, 3.63) is 0 Å². The lowest BCUT2D eigenvalue weighted by molar-refractivity contribution is -0.935. The molecule has 6 aliphatic rings. The van der Waals surface area contributed by atoms with Crippen molar-refractivity contribution in [2.24, 2.45) is 34.5 Å². The number of hydrogen-bond donors (Lipinski definition) is 0. The van der Waals surface area contributed by atoms with E-state index in [1.54, 1.807) is 0 Å². The molecule has 7 nitrogen and oxygen atoms in total. The molecular weight excluding hydrogens is 620 g/mol. The van der Waals surface area contributed by atoms with Crippen LogP contribution < -0.4 is 17.0 Å². The van der Waals surface area contributed by atoms with Gasteiger partial charge in [-0.05, 0) is 93.3 Å². The Bertz CT molecular complexity index is 1010. The predicted molar refractivity (Wildman–Crippen MR) is 167 cm³/mol. The first-order chi connectivity index (χ1) is 20.6. The van der Waals surface area contributed by atoms with Gasteiger partial charge in [0.15, 0.2) is 6.10 Å². The molecule has 44 heavy (non-hydrogen) atoms. The summed E-state index contributed by atoms with van der Waals surface area (Å²) >= 11 is 0. The largest absolute Gasteiger partial charge is 1.00 e. The van der Waals surface area contributed by atoms with E-state index >= 15 is 0 Å². The second-order valence-electron chi connectivity index (χ2n) is 16.1. The number of carbonyl (C=O) groups excluding carboxylic acids is 2. The summed E-state index contributed by atoms with van der Waals surface area (Å²) < 4.78 is 19.6. The molecule has 0 aromatic heterocycles. The lowest BCUT2D eigenvalue weighted by atomic mass is 9.44. The summed E-state index contributed by atoms with van der Waals surface area (Å²) in [5, 5.41) is 0. The SMILES string of the molecule is CCC(=O)O[C@H]1C[C@@H]2CC[C@@H]3[C@H](CC[C@@]4(C)[C@H]3C[C@H]([N+]3(C)CCCCCC3)[C@@H]4OC(=O)CC)[C@@]2(C)C[C@@H]1N1CCOCC1.[Br-]. The molecule has 10 atom stereocenters. The van der Waals surface area contributed by atoms with E-state index < -0.39 is 0 Å².